The lowest BCUT2D eigenvalue weighted by Crippen LogP contribution is -3.00. The van der Waals surface area contributed by atoms with Crippen LogP contribution in [0.25, 0.3) is 0 Å². The number of benzene rings is 1. The lowest BCUT2D eigenvalue weighted by atomic mass is 9.74. The first-order valence-corrected chi connectivity index (χ1v) is 7.88. The highest BCUT2D eigenvalue weighted by atomic mass is 35.5. The maximum atomic E-state index is 12.0. The van der Waals surface area contributed by atoms with E-state index in [-0.39, 0.29) is 24.3 Å². The van der Waals surface area contributed by atoms with Gasteiger partial charge in [-0.05, 0) is 26.5 Å². The summed E-state index contributed by atoms with van der Waals surface area (Å²) in [5.74, 6) is 0.163. The Hall–Kier alpha value is -1.06. The molecule has 1 aromatic carbocycles. The van der Waals surface area contributed by atoms with Crippen molar-refractivity contribution in [3.05, 3.63) is 35.4 Å². The van der Waals surface area contributed by atoms with Gasteiger partial charge in [0.25, 0.3) is 0 Å². The SMILES string of the molecule is CCC(=O)OC1(c2cccc(C)c2)CC(C)N(C)CC1C.[Cl-]. The highest BCUT2D eigenvalue weighted by molar-refractivity contribution is 5.69. The first-order valence-electron chi connectivity index (χ1n) is 7.88. The Labute approximate surface area is 140 Å². The number of carbonyl (C=O) groups excluding carboxylic acids is 1. The van der Waals surface area contributed by atoms with E-state index in [2.05, 4.69) is 57.0 Å². The normalized spacial score (nSPS) is 28.8. The van der Waals surface area contributed by atoms with Gasteiger partial charge < -0.3 is 22.0 Å². The Bertz CT molecular complexity index is 520. The molecule has 0 saturated carbocycles. The van der Waals surface area contributed by atoms with Gasteiger partial charge in [0.2, 0.25) is 0 Å². The summed E-state index contributed by atoms with van der Waals surface area (Å²) in [7, 11) is 2.14. The molecule has 22 heavy (non-hydrogen) atoms. The fraction of sp³-hybridized carbons (Fsp3) is 0.611. The van der Waals surface area contributed by atoms with Gasteiger partial charge in [0.05, 0.1) is 0 Å². The number of piperidine rings is 1. The highest BCUT2D eigenvalue weighted by Crippen LogP contribution is 2.43. The largest absolute Gasteiger partial charge is 1.00 e. The zero-order valence-corrected chi connectivity index (χ0v) is 15.0. The quantitative estimate of drug-likeness (QED) is 0.759. The van der Waals surface area contributed by atoms with E-state index in [9.17, 15) is 4.79 Å². The summed E-state index contributed by atoms with van der Waals surface area (Å²) >= 11 is 0. The molecule has 1 heterocycles. The van der Waals surface area contributed by atoms with E-state index in [0.717, 1.165) is 18.5 Å². The van der Waals surface area contributed by atoms with E-state index < -0.39 is 5.60 Å². The molecule has 1 saturated heterocycles. The second-order valence-electron chi connectivity index (χ2n) is 6.48. The zero-order chi connectivity index (χ0) is 15.6. The standard InChI is InChI=1S/C18H27NO2.ClH/c1-6-17(20)21-18(16-9-7-8-13(2)10-16)11-15(4)19(5)12-14(18)3;/h7-10,14-15H,6,11-12H2,1-5H3;1H/p-1. The number of likely N-dealkylation sites (tertiary alicyclic amines) is 1. The predicted octanol–water partition coefficient (Wildman–Crippen LogP) is 0.508. The van der Waals surface area contributed by atoms with Crippen LogP contribution in [-0.4, -0.2) is 30.5 Å². The molecule has 4 heteroatoms. The van der Waals surface area contributed by atoms with Crippen LogP contribution in [0.1, 0.15) is 44.7 Å². The van der Waals surface area contributed by atoms with E-state index in [0.29, 0.717) is 12.5 Å². The molecule has 3 unspecified atom stereocenters. The van der Waals surface area contributed by atoms with Crippen molar-refractivity contribution in [2.45, 2.75) is 52.2 Å². The number of rotatable bonds is 3. The van der Waals surface area contributed by atoms with Crippen molar-refractivity contribution < 1.29 is 21.9 Å². The number of ether oxygens (including phenoxy) is 1. The van der Waals surface area contributed by atoms with Gasteiger partial charge in [0, 0.05) is 31.3 Å². The van der Waals surface area contributed by atoms with Crippen molar-refractivity contribution in [3.63, 3.8) is 0 Å². The first kappa shape index (κ1) is 19.0. The van der Waals surface area contributed by atoms with Crippen LogP contribution in [0.5, 0.6) is 0 Å². The molecule has 124 valence electrons. The molecule has 0 aliphatic carbocycles. The Morgan fingerprint density at radius 1 is 1.41 bits per heavy atom. The van der Waals surface area contributed by atoms with Crippen molar-refractivity contribution in [3.8, 4) is 0 Å². The van der Waals surface area contributed by atoms with Crippen molar-refractivity contribution in [2.24, 2.45) is 5.92 Å². The van der Waals surface area contributed by atoms with Gasteiger partial charge >= 0.3 is 5.97 Å². The maximum Gasteiger partial charge on any atom is 0.306 e. The first-order chi connectivity index (χ1) is 9.89. The number of aryl methyl sites for hydroxylation is 1. The molecule has 3 nitrogen and oxygen atoms in total. The summed E-state index contributed by atoms with van der Waals surface area (Å²) in [5.41, 5.74) is 1.85. The molecule has 0 aromatic heterocycles. The van der Waals surface area contributed by atoms with Crippen molar-refractivity contribution in [2.75, 3.05) is 13.6 Å². The molecule has 1 aliphatic heterocycles. The Morgan fingerprint density at radius 3 is 2.68 bits per heavy atom. The summed E-state index contributed by atoms with van der Waals surface area (Å²) in [6.07, 6.45) is 1.27. The molecular weight excluding hydrogens is 298 g/mol. The van der Waals surface area contributed by atoms with Gasteiger partial charge in [0.15, 0.2) is 0 Å². The van der Waals surface area contributed by atoms with E-state index in [1.807, 2.05) is 6.92 Å². The second-order valence-corrected chi connectivity index (χ2v) is 6.48. The smallest absolute Gasteiger partial charge is 0.306 e. The van der Waals surface area contributed by atoms with Crippen molar-refractivity contribution >= 4 is 5.97 Å². The number of carbonyl (C=O) groups is 1. The third-order valence-corrected chi connectivity index (χ3v) is 4.80. The van der Waals surface area contributed by atoms with Gasteiger partial charge in [0.1, 0.15) is 5.60 Å². The Balaban J connectivity index is 0.00000242. The van der Waals surface area contributed by atoms with Gasteiger partial charge in [-0.2, -0.15) is 0 Å². The van der Waals surface area contributed by atoms with Gasteiger partial charge in [-0.1, -0.05) is 43.7 Å². The van der Waals surface area contributed by atoms with Gasteiger partial charge in [-0.25, -0.2) is 0 Å². The average Bonchev–Trinajstić information content (AvgIpc) is 2.44. The second kappa shape index (κ2) is 7.47. The third-order valence-electron chi connectivity index (χ3n) is 4.80. The number of hydrogen-bond acceptors (Lipinski definition) is 3. The summed E-state index contributed by atoms with van der Waals surface area (Å²) in [4.78, 5) is 14.4. The fourth-order valence-corrected chi connectivity index (χ4v) is 3.34. The van der Waals surface area contributed by atoms with Gasteiger partial charge in [-0.3, -0.25) is 4.79 Å². The maximum absolute atomic E-state index is 12.0. The molecule has 0 bridgehead atoms. The highest BCUT2D eigenvalue weighted by Gasteiger charge is 2.47. The number of esters is 1. The topological polar surface area (TPSA) is 29.5 Å². The summed E-state index contributed by atoms with van der Waals surface area (Å²) < 4.78 is 6.03. The van der Waals surface area contributed by atoms with E-state index in [4.69, 9.17) is 4.74 Å². The molecule has 3 atom stereocenters. The summed E-state index contributed by atoms with van der Waals surface area (Å²) in [6, 6.07) is 8.80. The van der Waals surface area contributed by atoms with Crippen LogP contribution in [0.4, 0.5) is 0 Å². The van der Waals surface area contributed by atoms with E-state index in [1.54, 1.807) is 0 Å². The van der Waals surface area contributed by atoms with Crippen molar-refractivity contribution in [1.29, 1.82) is 0 Å². The van der Waals surface area contributed by atoms with Crippen LogP contribution in [-0.2, 0) is 15.1 Å². The molecular formula is C18H27ClNO2-. The Morgan fingerprint density at radius 2 is 2.09 bits per heavy atom. The minimum absolute atomic E-state index is 0. The molecule has 0 radical (unpaired) electrons. The minimum Gasteiger partial charge on any atom is -1.00 e. The molecule has 2 rings (SSSR count). The fourth-order valence-electron chi connectivity index (χ4n) is 3.34. The van der Waals surface area contributed by atoms with Crippen LogP contribution >= 0.6 is 0 Å². The van der Waals surface area contributed by atoms with Crippen molar-refractivity contribution in [1.82, 2.24) is 4.90 Å². The molecule has 0 amide bonds. The summed E-state index contributed by atoms with van der Waals surface area (Å²) in [6.45, 7) is 9.27. The lowest BCUT2D eigenvalue weighted by Gasteiger charge is -2.48. The molecule has 1 aromatic rings. The van der Waals surface area contributed by atoms with Crippen LogP contribution in [0, 0.1) is 12.8 Å². The van der Waals surface area contributed by atoms with Gasteiger partial charge in [-0.15, -0.1) is 0 Å². The number of nitrogens with zero attached hydrogens (tertiary/aromatic N) is 1. The monoisotopic (exact) mass is 324 g/mol. The van der Waals surface area contributed by atoms with Crippen LogP contribution < -0.4 is 12.4 Å². The predicted molar refractivity (Wildman–Crippen MR) is 85.1 cm³/mol. The summed E-state index contributed by atoms with van der Waals surface area (Å²) in [5, 5.41) is 0. The molecule has 1 fully saturated rings. The number of hydrogen-bond donors (Lipinski definition) is 0. The molecule has 1 aliphatic rings. The van der Waals surface area contributed by atoms with Crippen LogP contribution in [0.2, 0.25) is 0 Å². The Kier molecular flexibility index (Phi) is 6.45. The molecule has 0 spiro atoms. The lowest BCUT2D eigenvalue weighted by molar-refractivity contribution is -0.177. The third kappa shape index (κ3) is 3.64. The average molecular weight is 325 g/mol. The van der Waals surface area contributed by atoms with Crippen LogP contribution in [0.3, 0.4) is 0 Å². The van der Waals surface area contributed by atoms with E-state index in [1.165, 1.54) is 5.56 Å². The zero-order valence-electron chi connectivity index (χ0n) is 14.2. The van der Waals surface area contributed by atoms with Crippen LogP contribution in [0.15, 0.2) is 24.3 Å². The minimum atomic E-state index is -0.495. The molecule has 0 N–H and O–H groups in total. The van der Waals surface area contributed by atoms with E-state index >= 15 is 0 Å². The number of halogens is 1.